The van der Waals surface area contributed by atoms with E-state index in [9.17, 15) is 0 Å². The Morgan fingerprint density at radius 1 is 1.14 bits per heavy atom. The Hall–Kier alpha value is -0.625. The van der Waals surface area contributed by atoms with Crippen LogP contribution in [0.2, 0.25) is 0 Å². The van der Waals surface area contributed by atoms with E-state index in [2.05, 4.69) is 36.8 Å². The van der Waals surface area contributed by atoms with Gasteiger partial charge in [-0.05, 0) is 71.6 Å². The molecule has 116 valence electrons. The summed E-state index contributed by atoms with van der Waals surface area (Å²) in [6.45, 7) is 7.58. The third kappa shape index (κ3) is 2.68. The first-order chi connectivity index (χ1) is 12.3. The smallest absolute Gasteiger partial charge is 0.398 e. The van der Waals surface area contributed by atoms with Gasteiger partial charge >= 0.3 is 7.12 Å². The number of hydrogen-bond acceptors (Lipinski definition) is 3. The van der Waals surface area contributed by atoms with Crippen molar-refractivity contribution in [1.82, 2.24) is 9.55 Å². The second-order valence-electron chi connectivity index (χ2n) is 5.96. The molecule has 1 aliphatic heterocycles. The fourth-order valence-corrected chi connectivity index (χ4v) is 2.82. The molecule has 0 radical (unpaired) electrons. The Balaban J connectivity index is 2.18. The standard InChI is InChI=1S/C15H17BBr2N2O2/c1-14(2)15(3,4)22-16(21-14)12-9-20(13(18)19-12)11-8-6-5-7-10(11)17/h5-9H,1-4H3/i5D,6D,7D,8D,9D. The third-order valence-corrected chi connectivity index (χ3v) is 5.05. The minimum Gasteiger partial charge on any atom is -0.398 e. The molecule has 7 heteroatoms. The Morgan fingerprint density at radius 3 is 2.36 bits per heavy atom. The molecule has 22 heavy (non-hydrogen) atoms. The summed E-state index contributed by atoms with van der Waals surface area (Å²) in [6.07, 6.45) is -0.0916. The summed E-state index contributed by atoms with van der Waals surface area (Å²) >= 11 is 6.52. The van der Waals surface area contributed by atoms with Crippen LogP contribution in [0.15, 0.2) is 39.5 Å². The molecule has 1 aromatic heterocycles. The van der Waals surface area contributed by atoms with Gasteiger partial charge in [-0.1, -0.05) is 12.1 Å². The van der Waals surface area contributed by atoms with Crippen LogP contribution in [0.4, 0.5) is 0 Å². The van der Waals surface area contributed by atoms with E-state index in [1.165, 1.54) is 4.57 Å². The minimum atomic E-state index is -0.866. The highest BCUT2D eigenvalue weighted by atomic mass is 79.9. The fourth-order valence-electron chi connectivity index (χ4n) is 1.99. The first-order valence-electron chi connectivity index (χ1n) is 9.16. The van der Waals surface area contributed by atoms with Gasteiger partial charge in [0.25, 0.3) is 0 Å². The maximum atomic E-state index is 8.55. The van der Waals surface area contributed by atoms with Crippen molar-refractivity contribution in [2.45, 2.75) is 38.9 Å². The topological polar surface area (TPSA) is 36.3 Å². The maximum absolute atomic E-state index is 8.55. The largest absolute Gasteiger partial charge is 0.516 e. The van der Waals surface area contributed by atoms with Crippen molar-refractivity contribution < 1.29 is 16.2 Å². The Kier molecular flexibility index (Phi) is 2.74. The highest BCUT2D eigenvalue weighted by Gasteiger charge is 2.52. The van der Waals surface area contributed by atoms with E-state index in [-0.39, 0.29) is 44.8 Å². The number of hydrogen-bond donors (Lipinski definition) is 0. The minimum absolute atomic E-state index is 0.0909. The molecule has 1 fully saturated rings. The van der Waals surface area contributed by atoms with Crippen LogP contribution in [0.5, 0.6) is 0 Å². The average molecular weight is 433 g/mol. The van der Waals surface area contributed by atoms with E-state index >= 15 is 0 Å². The molecule has 0 spiro atoms. The number of benzene rings is 1. The fraction of sp³-hybridized carbons (Fsp3) is 0.400. The zero-order chi connectivity index (χ0) is 20.5. The lowest BCUT2D eigenvalue weighted by Crippen LogP contribution is -2.41. The van der Waals surface area contributed by atoms with Crippen molar-refractivity contribution in [2.24, 2.45) is 0 Å². The molecule has 0 N–H and O–H groups in total. The van der Waals surface area contributed by atoms with Gasteiger partial charge in [0.05, 0.1) is 29.3 Å². The van der Waals surface area contributed by atoms with Crippen molar-refractivity contribution in [3.8, 4) is 5.69 Å². The van der Waals surface area contributed by atoms with Gasteiger partial charge in [-0.2, -0.15) is 0 Å². The zero-order valence-corrected chi connectivity index (χ0v) is 15.7. The molecular formula is C15H17BBr2N2O2. The highest BCUT2D eigenvalue weighted by Crippen LogP contribution is 2.36. The quantitative estimate of drug-likeness (QED) is 0.679. The summed E-state index contributed by atoms with van der Waals surface area (Å²) in [5.74, 6) is 0. The predicted molar refractivity (Wildman–Crippen MR) is 94.7 cm³/mol. The summed E-state index contributed by atoms with van der Waals surface area (Å²) in [5.41, 5.74) is -0.887. The average Bonchev–Trinajstić information content (AvgIpc) is 2.97. The van der Waals surface area contributed by atoms with Gasteiger partial charge in [0.15, 0.2) is 4.73 Å². The van der Waals surface area contributed by atoms with Gasteiger partial charge in [-0.15, -0.1) is 0 Å². The van der Waals surface area contributed by atoms with E-state index in [1.54, 1.807) is 0 Å². The molecule has 0 atom stereocenters. The lowest BCUT2D eigenvalue weighted by molar-refractivity contribution is 0.00578. The van der Waals surface area contributed by atoms with Gasteiger partial charge in [0.2, 0.25) is 0 Å². The summed E-state index contributed by atoms with van der Waals surface area (Å²) in [4.78, 5) is 4.33. The van der Waals surface area contributed by atoms with Gasteiger partial charge in [0, 0.05) is 10.6 Å². The second kappa shape index (κ2) is 5.48. The molecule has 0 aliphatic carbocycles. The monoisotopic (exact) mass is 431 g/mol. The molecule has 0 bridgehead atoms. The molecule has 3 rings (SSSR count). The number of para-hydroxylation sites is 1. The van der Waals surface area contributed by atoms with Gasteiger partial charge in [-0.3, -0.25) is 4.57 Å². The van der Waals surface area contributed by atoms with Crippen molar-refractivity contribution in [1.29, 1.82) is 0 Å². The molecule has 1 aromatic carbocycles. The van der Waals surface area contributed by atoms with E-state index in [0.29, 0.717) is 0 Å². The molecule has 2 heterocycles. The highest BCUT2D eigenvalue weighted by molar-refractivity contribution is 9.10. The molecule has 2 aromatic rings. The van der Waals surface area contributed by atoms with Crippen molar-refractivity contribution in [2.75, 3.05) is 0 Å². The number of aromatic nitrogens is 2. The SMILES string of the molecule is [2H]c1c([2H])c([2H])c(-n2c(Br)nc(B3OC(C)(C)C(C)(C)O3)c2[2H])c(Br)c1[2H]. The molecule has 0 saturated carbocycles. The van der Waals surface area contributed by atoms with Gasteiger partial charge in [0.1, 0.15) is 0 Å². The van der Waals surface area contributed by atoms with Crippen molar-refractivity contribution in [3.05, 3.63) is 39.5 Å². The van der Waals surface area contributed by atoms with Crippen LogP contribution in [0.3, 0.4) is 0 Å². The van der Waals surface area contributed by atoms with Crippen LogP contribution in [-0.2, 0) is 9.31 Å². The molecular weight excluding hydrogens is 411 g/mol. The second-order valence-corrected chi connectivity index (χ2v) is 7.47. The molecule has 0 amide bonds. The van der Waals surface area contributed by atoms with E-state index in [1.807, 2.05) is 27.7 Å². The lowest BCUT2D eigenvalue weighted by Gasteiger charge is -2.32. The van der Waals surface area contributed by atoms with E-state index < -0.39 is 24.4 Å². The van der Waals surface area contributed by atoms with E-state index in [4.69, 9.17) is 16.2 Å². The summed E-state index contributed by atoms with van der Waals surface area (Å²) in [6, 6.07) is -1.27. The van der Waals surface area contributed by atoms with Crippen LogP contribution in [0.1, 0.15) is 34.5 Å². The maximum Gasteiger partial charge on any atom is 0.516 e. The lowest BCUT2D eigenvalue weighted by atomic mass is 9.86. The van der Waals surface area contributed by atoms with Crippen LogP contribution in [-0.4, -0.2) is 27.9 Å². The number of halogens is 2. The van der Waals surface area contributed by atoms with E-state index in [0.717, 1.165) is 0 Å². The van der Waals surface area contributed by atoms with Gasteiger partial charge in [-0.25, -0.2) is 4.98 Å². The summed E-state index contributed by atoms with van der Waals surface area (Å²) in [7, 11) is -0.866. The third-order valence-electron chi connectivity index (χ3n) is 3.95. The van der Waals surface area contributed by atoms with Crippen molar-refractivity contribution >= 4 is 44.6 Å². The molecule has 1 saturated heterocycles. The molecule has 0 unspecified atom stereocenters. The number of imidazole rings is 1. The van der Waals surface area contributed by atoms with Gasteiger partial charge < -0.3 is 9.31 Å². The van der Waals surface area contributed by atoms with Crippen LogP contribution in [0, 0.1) is 0 Å². The number of rotatable bonds is 2. The Bertz CT molecular complexity index is 906. The van der Waals surface area contributed by atoms with Crippen LogP contribution >= 0.6 is 31.9 Å². The Labute approximate surface area is 154 Å². The normalized spacial score (nSPS) is 22.8. The number of nitrogens with zero attached hydrogens (tertiary/aromatic N) is 2. The Morgan fingerprint density at radius 2 is 1.73 bits per heavy atom. The molecule has 1 aliphatic rings. The first kappa shape index (κ1) is 11.0. The molecule has 4 nitrogen and oxygen atoms in total. The van der Waals surface area contributed by atoms with Crippen molar-refractivity contribution in [3.63, 3.8) is 0 Å². The summed E-state index contributed by atoms with van der Waals surface area (Å²) < 4.78 is 54.0. The predicted octanol–water partition coefficient (Wildman–Crippen LogP) is 3.70. The zero-order valence-electron chi connectivity index (χ0n) is 17.5. The summed E-state index contributed by atoms with van der Waals surface area (Å²) in [5, 5.41) is 0. The van der Waals surface area contributed by atoms with Crippen LogP contribution < -0.4 is 5.59 Å². The van der Waals surface area contributed by atoms with Crippen LogP contribution in [0.25, 0.3) is 5.69 Å². The first-order valence-corrected chi connectivity index (χ1v) is 8.25.